The van der Waals surface area contributed by atoms with Crippen molar-refractivity contribution in [3.05, 3.63) is 29.8 Å². The smallest absolute Gasteiger partial charge is 0.118 e. The zero-order chi connectivity index (χ0) is 9.26. The largest absolute Gasteiger partial charge is 0.497 e. The summed E-state index contributed by atoms with van der Waals surface area (Å²) in [5, 5.41) is 0. The number of methoxy groups -OCH3 is 1. The van der Waals surface area contributed by atoms with Crippen molar-refractivity contribution in [2.24, 2.45) is 11.7 Å². The van der Waals surface area contributed by atoms with Gasteiger partial charge in [0.15, 0.2) is 0 Å². The highest BCUT2D eigenvalue weighted by Gasteiger charge is 2.36. The molecule has 2 nitrogen and oxygen atoms in total. The van der Waals surface area contributed by atoms with Crippen LogP contribution in [0.4, 0.5) is 0 Å². The molecule has 70 valence electrons. The Balaban J connectivity index is 2.07. The first-order chi connectivity index (χ1) is 6.35. The van der Waals surface area contributed by atoms with Crippen LogP contribution in [-0.4, -0.2) is 13.7 Å². The molecular formula is C11H15NO. The summed E-state index contributed by atoms with van der Waals surface area (Å²) < 4.78 is 5.10. The first kappa shape index (κ1) is 8.57. The number of hydrogen-bond donors (Lipinski definition) is 1. The van der Waals surface area contributed by atoms with Gasteiger partial charge in [0.2, 0.25) is 0 Å². The maximum atomic E-state index is 5.59. The Morgan fingerprint density at radius 2 is 2.08 bits per heavy atom. The molecule has 0 bridgehead atoms. The number of hydrogen-bond acceptors (Lipinski definition) is 2. The molecule has 0 heterocycles. The van der Waals surface area contributed by atoms with Gasteiger partial charge in [-0.2, -0.15) is 0 Å². The molecule has 0 radical (unpaired) electrons. The molecule has 13 heavy (non-hydrogen) atoms. The molecule has 2 heteroatoms. The van der Waals surface area contributed by atoms with Gasteiger partial charge in [-0.15, -0.1) is 0 Å². The molecule has 1 aromatic carbocycles. The van der Waals surface area contributed by atoms with E-state index < -0.39 is 0 Å². The number of ether oxygens (including phenoxy) is 1. The highest BCUT2D eigenvalue weighted by atomic mass is 16.5. The normalized spacial score (nSPS) is 25.7. The third kappa shape index (κ3) is 1.68. The lowest BCUT2D eigenvalue weighted by molar-refractivity contribution is 0.414. The fourth-order valence-electron chi connectivity index (χ4n) is 1.77. The minimum Gasteiger partial charge on any atom is -0.497 e. The van der Waals surface area contributed by atoms with Crippen molar-refractivity contribution in [2.75, 3.05) is 13.7 Å². The van der Waals surface area contributed by atoms with E-state index in [2.05, 4.69) is 12.1 Å². The van der Waals surface area contributed by atoms with Crippen molar-refractivity contribution in [2.45, 2.75) is 12.3 Å². The highest BCUT2D eigenvalue weighted by molar-refractivity contribution is 5.32. The predicted octanol–water partition coefficient (Wildman–Crippen LogP) is 1.76. The van der Waals surface area contributed by atoms with Gasteiger partial charge in [-0.1, -0.05) is 12.1 Å². The SMILES string of the molecule is COc1ccc([C@@H]2C[C@H]2CN)cc1. The summed E-state index contributed by atoms with van der Waals surface area (Å²) in [4.78, 5) is 0. The van der Waals surface area contributed by atoms with Crippen LogP contribution >= 0.6 is 0 Å². The summed E-state index contributed by atoms with van der Waals surface area (Å²) in [7, 11) is 1.69. The molecule has 1 aromatic rings. The van der Waals surface area contributed by atoms with E-state index in [4.69, 9.17) is 10.5 Å². The van der Waals surface area contributed by atoms with E-state index in [9.17, 15) is 0 Å². The van der Waals surface area contributed by atoms with E-state index in [1.54, 1.807) is 7.11 Å². The summed E-state index contributed by atoms with van der Waals surface area (Å²) in [6.45, 7) is 0.816. The maximum Gasteiger partial charge on any atom is 0.118 e. The van der Waals surface area contributed by atoms with Crippen LogP contribution < -0.4 is 10.5 Å². The monoisotopic (exact) mass is 177 g/mol. The Morgan fingerprint density at radius 3 is 2.54 bits per heavy atom. The third-order valence-electron chi connectivity index (χ3n) is 2.77. The van der Waals surface area contributed by atoms with Gasteiger partial charge in [0, 0.05) is 0 Å². The average molecular weight is 177 g/mol. The number of rotatable bonds is 3. The Morgan fingerprint density at radius 1 is 1.38 bits per heavy atom. The fraction of sp³-hybridized carbons (Fsp3) is 0.455. The lowest BCUT2D eigenvalue weighted by atomic mass is 10.1. The van der Waals surface area contributed by atoms with Crippen LogP contribution in [0, 0.1) is 5.92 Å². The third-order valence-corrected chi connectivity index (χ3v) is 2.77. The van der Waals surface area contributed by atoms with E-state index in [1.807, 2.05) is 12.1 Å². The minimum absolute atomic E-state index is 0.705. The molecular weight excluding hydrogens is 162 g/mol. The minimum atomic E-state index is 0.705. The van der Waals surface area contributed by atoms with Crippen LogP contribution in [0.1, 0.15) is 17.9 Å². The first-order valence-corrected chi connectivity index (χ1v) is 4.69. The van der Waals surface area contributed by atoms with E-state index in [0.29, 0.717) is 11.8 Å². The molecule has 0 aliphatic heterocycles. The van der Waals surface area contributed by atoms with E-state index in [0.717, 1.165) is 12.3 Å². The van der Waals surface area contributed by atoms with Crippen molar-refractivity contribution in [3.63, 3.8) is 0 Å². The zero-order valence-corrected chi connectivity index (χ0v) is 7.86. The average Bonchev–Trinajstić information content (AvgIpc) is 2.97. The molecule has 1 saturated carbocycles. The van der Waals surface area contributed by atoms with Crippen LogP contribution in [0.25, 0.3) is 0 Å². The topological polar surface area (TPSA) is 35.2 Å². The number of benzene rings is 1. The molecule has 1 aliphatic rings. The van der Waals surface area contributed by atoms with E-state index in [-0.39, 0.29) is 0 Å². The van der Waals surface area contributed by atoms with Gasteiger partial charge in [0.1, 0.15) is 5.75 Å². The standard InChI is InChI=1S/C11H15NO/c1-13-10-4-2-8(3-5-10)11-6-9(11)7-12/h2-5,9,11H,6-7,12H2,1H3/t9-,11-/m0/s1. The van der Waals surface area contributed by atoms with Gasteiger partial charge in [-0.25, -0.2) is 0 Å². The highest BCUT2D eigenvalue weighted by Crippen LogP contribution is 2.46. The Labute approximate surface area is 78.7 Å². The van der Waals surface area contributed by atoms with Crippen LogP contribution in [0.15, 0.2) is 24.3 Å². The maximum absolute atomic E-state index is 5.59. The fourth-order valence-corrected chi connectivity index (χ4v) is 1.77. The van der Waals surface area contributed by atoms with E-state index in [1.165, 1.54) is 12.0 Å². The number of nitrogens with two attached hydrogens (primary N) is 1. The molecule has 2 rings (SSSR count). The van der Waals surface area contributed by atoms with Crippen LogP contribution in [-0.2, 0) is 0 Å². The molecule has 1 aliphatic carbocycles. The first-order valence-electron chi connectivity index (χ1n) is 4.69. The van der Waals surface area contributed by atoms with Crippen molar-refractivity contribution in [1.82, 2.24) is 0 Å². The molecule has 2 atom stereocenters. The molecule has 0 spiro atoms. The molecule has 0 saturated heterocycles. The zero-order valence-electron chi connectivity index (χ0n) is 7.86. The molecule has 2 N–H and O–H groups in total. The summed E-state index contributed by atoms with van der Waals surface area (Å²) in [5.74, 6) is 2.35. The Hall–Kier alpha value is -1.02. The van der Waals surface area contributed by atoms with Crippen molar-refractivity contribution in [3.8, 4) is 5.75 Å². The quantitative estimate of drug-likeness (QED) is 0.763. The lowest BCUT2D eigenvalue weighted by Gasteiger charge is -2.01. The molecule has 1 fully saturated rings. The van der Waals surface area contributed by atoms with Gasteiger partial charge in [-0.05, 0) is 42.5 Å². The van der Waals surface area contributed by atoms with Gasteiger partial charge in [0.25, 0.3) is 0 Å². The summed E-state index contributed by atoms with van der Waals surface area (Å²) in [6.07, 6.45) is 1.25. The van der Waals surface area contributed by atoms with Crippen molar-refractivity contribution >= 4 is 0 Å². The Bertz CT molecular complexity index is 281. The second-order valence-electron chi connectivity index (χ2n) is 3.61. The summed E-state index contributed by atoms with van der Waals surface area (Å²) >= 11 is 0. The van der Waals surface area contributed by atoms with Gasteiger partial charge < -0.3 is 10.5 Å². The van der Waals surface area contributed by atoms with Crippen molar-refractivity contribution in [1.29, 1.82) is 0 Å². The van der Waals surface area contributed by atoms with Crippen LogP contribution in [0.5, 0.6) is 5.75 Å². The second-order valence-corrected chi connectivity index (χ2v) is 3.61. The molecule has 0 aromatic heterocycles. The van der Waals surface area contributed by atoms with Gasteiger partial charge >= 0.3 is 0 Å². The van der Waals surface area contributed by atoms with Crippen LogP contribution in [0.3, 0.4) is 0 Å². The molecule has 0 amide bonds. The molecule has 0 unspecified atom stereocenters. The van der Waals surface area contributed by atoms with Gasteiger partial charge in [-0.3, -0.25) is 0 Å². The van der Waals surface area contributed by atoms with Crippen LogP contribution in [0.2, 0.25) is 0 Å². The predicted molar refractivity (Wildman–Crippen MR) is 52.9 cm³/mol. The van der Waals surface area contributed by atoms with Crippen molar-refractivity contribution < 1.29 is 4.74 Å². The second kappa shape index (κ2) is 3.38. The Kier molecular flexibility index (Phi) is 2.23. The van der Waals surface area contributed by atoms with Gasteiger partial charge in [0.05, 0.1) is 7.11 Å². The summed E-state index contributed by atoms with van der Waals surface area (Å²) in [5.41, 5.74) is 6.99. The lowest BCUT2D eigenvalue weighted by Crippen LogP contribution is -2.01. The van der Waals surface area contributed by atoms with E-state index >= 15 is 0 Å². The summed E-state index contributed by atoms with van der Waals surface area (Å²) in [6, 6.07) is 8.31.